The maximum atomic E-state index is 10.4. The van der Waals surface area contributed by atoms with E-state index in [4.69, 9.17) is 0 Å². The molecule has 0 aromatic heterocycles. The molecular weight excluding hydrogens is 288 g/mol. The average Bonchev–Trinajstić information content (AvgIpc) is 2.39. The number of aliphatic hydroxyl groups is 1. The van der Waals surface area contributed by atoms with E-state index in [1.807, 2.05) is 42.5 Å². The second-order valence-electron chi connectivity index (χ2n) is 4.52. The number of halogens is 1. The minimum atomic E-state index is -1.02. The van der Waals surface area contributed by atoms with Gasteiger partial charge in [-0.1, -0.05) is 58.4 Å². The number of rotatable bonds is 4. The highest BCUT2D eigenvalue weighted by molar-refractivity contribution is 9.10. The van der Waals surface area contributed by atoms with Crippen LogP contribution < -0.4 is 0 Å². The first-order valence-electron chi connectivity index (χ1n) is 5.96. The Bertz CT molecular complexity index is 488. The van der Waals surface area contributed by atoms with Crippen molar-refractivity contribution >= 4 is 15.9 Å². The Morgan fingerprint density at radius 3 is 2.22 bits per heavy atom. The maximum absolute atomic E-state index is 10.4. The van der Waals surface area contributed by atoms with E-state index in [-0.39, 0.29) is 0 Å². The molecule has 2 rings (SSSR count). The summed E-state index contributed by atoms with van der Waals surface area (Å²) in [6.45, 7) is 3.92. The molecule has 0 fully saturated rings. The second kappa shape index (κ2) is 5.68. The zero-order valence-corrected chi connectivity index (χ0v) is 11.7. The standard InChI is InChI=1S/C16H16BrO/c1-16(18,14-5-3-2-4-6-14)12-11-13-7-9-15(17)10-8-13/h2-10,18H,1,11-12H2/t16-/m1/s1. The average molecular weight is 304 g/mol. The molecule has 0 amide bonds. The zero-order chi connectivity index (χ0) is 13.0. The van der Waals surface area contributed by atoms with Gasteiger partial charge in [-0.15, -0.1) is 0 Å². The van der Waals surface area contributed by atoms with Gasteiger partial charge in [-0.05, 0) is 43.0 Å². The fourth-order valence-electron chi connectivity index (χ4n) is 1.89. The molecule has 18 heavy (non-hydrogen) atoms. The molecule has 0 aliphatic heterocycles. The zero-order valence-electron chi connectivity index (χ0n) is 10.1. The van der Waals surface area contributed by atoms with Crippen molar-refractivity contribution in [1.82, 2.24) is 0 Å². The Kier molecular flexibility index (Phi) is 4.20. The third kappa shape index (κ3) is 3.44. The van der Waals surface area contributed by atoms with Crippen LogP contribution in [0.5, 0.6) is 0 Å². The van der Waals surface area contributed by atoms with Crippen molar-refractivity contribution in [2.24, 2.45) is 0 Å². The molecule has 2 aromatic carbocycles. The van der Waals surface area contributed by atoms with Gasteiger partial charge in [-0.3, -0.25) is 0 Å². The predicted octanol–water partition coefficient (Wildman–Crippen LogP) is 4.10. The third-order valence-electron chi connectivity index (χ3n) is 3.05. The quantitative estimate of drug-likeness (QED) is 0.901. The van der Waals surface area contributed by atoms with E-state index < -0.39 is 5.60 Å². The summed E-state index contributed by atoms with van der Waals surface area (Å²) in [5, 5.41) is 10.4. The molecule has 0 saturated carbocycles. The Hall–Kier alpha value is -1.12. The first-order chi connectivity index (χ1) is 8.58. The third-order valence-corrected chi connectivity index (χ3v) is 3.58. The lowest BCUT2D eigenvalue weighted by molar-refractivity contribution is 0.0768. The van der Waals surface area contributed by atoms with Gasteiger partial charge in [0, 0.05) is 4.47 Å². The number of aryl methyl sites for hydroxylation is 1. The van der Waals surface area contributed by atoms with Crippen molar-refractivity contribution in [1.29, 1.82) is 0 Å². The van der Waals surface area contributed by atoms with E-state index in [0.29, 0.717) is 6.42 Å². The van der Waals surface area contributed by atoms with Gasteiger partial charge in [-0.25, -0.2) is 0 Å². The molecule has 0 saturated heterocycles. The van der Waals surface area contributed by atoms with Crippen LogP contribution in [0.1, 0.15) is 17.5 Å². The van der Waals surface area contributed by atoms with Crippen molar-refractivity contribution in [3.8, 4) is 0 Å². The summed E-state index contributed by atoms with van der Waals surface area (Å²) in [7, 11) is 0. The van der Waals surface area contributed by atoms with E-state index in [0.717, 1.165) is 16.5 Å². The van der Waals surface area contributed by atoms with Crippen LogP contribution in [0.4, 0.5) is 0 Å². The highest BCUT2D eigenvalue weighted by Crippen LogP contribution is 2.25. The van der Waals surface area contributed by atoms with Crippen LogP contribution in [-0.2, 0) is 12.0 Å². The smallest absolute Gasteiger partial charge is 0.0900 e. The van der Waals surface area contributed by atoms with Crippen molar-refractivity contribution in [3.05, 3.63) is 77.1 Å². The normalized spacial score (nSPS) is 14.2. The summed E-state index contributed by atoms with van der Waals surface area (Å²) in [5.41, 5.74) is 1.05. The predicted molar refractivity (Wildman–Crippen MR) is 78.2 cm³/mol. The summed E-state index contributed by atoms with van der Waals surface area (Å²) in [6, 6.07) is 17.8. The van der Waals surface area contributed by atoms with Gasteiger partial charge < -0.3 is 5.11 Å². The summed E-state index contributed by atoms with van der Waals surface area (Å²) in [5.74, 6) is 0. The first-order valence-corrected chi connectivity index (χ1v) is 6.75. The van der Waals surface area contributed by atoms with Crippen LogP contribution >= 0.6 is 15.9 Å². The van der Waals surface area contributed by atoms with Crippen molar-refractivity contribution < 1.29 is 5.11 Å². The molecular formula is C16H16BrO. The molecule has 2 heteroatoms. The number of benzene rings is 2. The monoisotopic (exact) mass is 303 g/mol. The van der Waals surface area contributed by atoms with Crippen molar-refractivity contribution in [3.63, 3.8) is 0 Å². The van der Waals surface area contributed by atoms with E-state index >= 15 is 0 Å². The van der Waals surface area contributed by atoms with Gasteiger partial charge in [0.25, 0.3) is 0 Å². The summed E-state index contributed by atoms with van der Waals surface area (Å²) in [4.78, 5) is 0. The van der Waals surface area contributed by atoms with Crippen LogP contribution in [0.25, 0.3) is 0 Å². The lowest BCUT2D eigenvalue weighted by Crippen LogP contribution is -2.22. The summed E-state index contributed by atoms with van der Waals surface area (Å²) in [6.07, 6.45) is 1.42. The van der Waals surface area contributed by atoms with E-state index in [1.54, 1.807) is 0 Å². The molecule has 0 heterocycles. The lowest BCUT2D eigenvalue weighted by Gasteiger charge is -2.23. The largest absolute Gasteiger partial charge is 0.385 e. The topological polar surface area (TPSA) is 20.2 Å². The van der Waals surface area contributed by atoms with Crippen molar-refractivity contribution in [2.45, 2.75) is 18.4 Å². The molecule has 0 unspecified atom stereocenters. The van der Waals surface area contributed by atoms with Gasteiger partial charge >= 0.3 is 0 Å². The SMILES string of the molecule is [CH2][C@@](O)(CCc1ccc(Br)cc1)c1ccccc1. The van der Waals surface area contributed by atoms with Crippen LogP contribution in [0.15, 0.2) is 59.1 Å². The maximum Gasteiger partial charge on any atom is 0.0900 e. The molecule has 0 spiro atoms. The van der Waals surface area contributed by atoms with Gasteiger partial charge in [-0.2, -0.15) is 0 Å². The lowest BCUT2D eigenvalue weighted by atomic mass is 9.89. The fraction of sp³-hybridized carbons (Fsp3) is 0.188. The number of hydrogen-bond acceptors (Lipinski definition) is 1. The van der Waals surface area contributed by atoms with Gasteiger partial charge in [0.05, 0.1) is 5.60 Å². The first kappa shape index (κ1) is 13.3. The minimum absolute atomic E-state index is 0.610. The van der Waals surface area contributed by atoms with E-state index in [2.05, 4.69) is 35.0 Å². The van der Waals surface area contributed by atoms with E-state index in [1.165, 1.54) is 5.56 Å². The molecule has 93 valence electrons. The van der Waals surface area contributed by atoms with Gasteiger partial charge in [0.1, 0.15) is 0 Å². The van der Waals surface area contributed by atoms with Crippen molar-refractivity contribution in [2.75, 3.05) is 0 Å². The van der Waals surface area contributed by atoms with Crippen LogP contribution in [0, 0.1) is 6.92 Å². The van der Waals surface area contributed by atoms with Crippen LogP contribution in [-0.4, -0.2) is 5.11 Å². The Balaban J connectivity index is 2.03. The Morgan fingerprint density at radius 1 is 1.00 bits per heavy atom. The molecule has 1 atom stereocenters. The molecule has 0 bridgehead atoms. The second-order valence-corrected chi connectivity index (χ2v) is 5.44. The molecule has 1 radical (unpaired) electrons. The highest BCUT2D eigenvalue weighted by atomic mass is 79.9. The van der Waals surface area contributed by atoms with Crippen LogP contribution in [0.2, 0.25) is 0 Å². The van der Waals surface area contributed by atoms with Crippen LogP contribution in [0.3, 0.4) is 0 Å². The summed E-state index contributed by atoms with van der Waals surface area (Å²) < 4.78 is 1.07. The Morgan fingerprint density at radius 2 is 1.61 bits per heavy atom. The molecule has 2 aromatic rings. The van der Waals surface area contributed by atoms with Gasteiger partial charge in [0.2, 0.25) is 0 Å². The highest BCUT2D eigenvalue weighted by Gasteiger charge is 2.22. The Labute approximate surface area is 117 Å². The number of hydrogen-bond donors (Lipinski definition) is 1. The molecule has 1 N–H and O–H groups in total. The van der Waals surface area contributed by atoms with E-state index in [9.17, 15) is 5.11 Å². The van der Waals surface area contributed by atoms with Gasteiger partial charge in [0.15, 0.2) is 0 Å². The minimum Gasteiger partial charge on any atom is -0.385 e. The molecule has 0 aliphatic rings. The fourth-order valence-corrected chi connectivity index (χ4v) is 2.16. The summed E-state index contributed by atoms with van der Waals surface area (Å²) >= 11 is 3.41. The molecule has 0 aliphatic carbocycles. The molecule has 1 nitrogen and oxygen atoms in total.